The summed E-state index contributed by atoms with van der Waals surface area (Å²) in [4.78, 5) is 2.54. The first-order valence-electron chi connectivity index (χ1n) is 7.44. The molecule has 1 aliphatic rings. The third-order valence-electron chi connectivity index (χ3n) is 3.83. The lowest BCUT2D eigenvalue weighted by Crippen LogP contribution is -2.40. The molecule has 3 nitrogen and oxygen atoms in total. The van der Waals surface area contributed by atoms with Crippen LogP contribution < -0.4 is 4.74 Å². The number of nitriles is 1. The molecule has 3 heteroatoms. The van der Waals surface area contributed by atoms with Gasteiger partial charge in [0, 0.05) is 13.1 Å². The molecule has 108 valence electrons. The SMILES string of the molecule is CC1(C)CCCN(CCCOc2cccc(C#N)c2)C1. The van der Waals surface area contributed by atoms with E-state index >= 15 is 0 Å². The molecule has 0 radical (unpaired) electrons. The zero-order valence-electron chi connectivity index (χ0n) is 12.6. The summed E-state index contributed by atoms with van der Waals surface area (Å²) in [5, 5.41) is 8.84. The Morgan fingerprint density at radius 2 is 2.25 bits per heavy atom. The van der Waals surface area contributed by atoms with Crippen molar-refractivity contribution in [1.82, 2.24) is 4.90 Å². The van der Waals surface area contributed by atoms with Gasteiger partial charge in [0.05, 0.1) is 18.2 Å². The lowest BCUT2D eigenvalue weighted by Gasteiger charge is -2.38. The predicted molar refractivity (Wildman–Crippen MR) is 80.7 cm³/mol. The standard InChI is InChI=1S/C17H24N2O/c1-17(2)8-4-9-19(14-17)10-5-11-20-16-7-3-6-15(12-16)13-18/h3,6-7,12H,4-5,8-11,14H2,1-2H3. The summed E-state index contributed by atoms with van der Waals surface area (Å²) in [5.74, 6) is 0.794. The summed E-state index contributed by atoms with van der Waals surface area (Å²) in [6.07, 6.45) is 3.67. The van der Waals surface area contributed by atoms with Gasteiger partial charge in [-0.25, -0.2) is 0 Å². The third-order valence-corrected chi connectivity index (χ3v) is 3.83. The Hall–Kier alpha value is -1.53. The van der Waals surface area contributed by atoms with Crippen LogP contribution in [0.3, 0.4) is 0 Å². The van der Waals surface area contributed by atoms with Crippen LogP contribution in [0.1, 0.15) is 38.7 Å². The van der Waals surface area contributed by atoms with Crippen LogP contribution in [0.25, 0.3) is 0 Å². The van der Waals surface area contributed by atoms with Gasteiger partial charge in [0.2, 0.25) is 0 Å². The van der Waals surface area contributed by atoms with Gasteiger partial charge >= 0.3 is 0 Å². The van der Waals surface area contributed by atoms with E-state index < -0.39 is 0 Å². The molecule has 1 aromatic rings. The second-order valence-corrected chi connectivity index (χ2v) is 6.39. The first-order chi connectivity index (χ1) is 9.59. The molecule has 1 fully saturated rings. The minimum atomic E-state index is 0.459. The molecule has 0 bridgehead atoms. The monoisotopic (exact) mass is 272 g/mol. The molecule has 1 heterocycles. The molecule has 1 saturated heterocycles. The van der Waals surface area contributed by atoms with E-state index in [2.05, 4.69) is 24.8 Å². The summed E-state index contributed by atoms with van der Waals surface area (Å²) < 4.78 is 5.71. The highest BCUT2D eigenvalue weighted by molar-refractivity contribution is 5.36. The molecule has 2 rings (SSSR count). The molecule has 1 aromatic carbocycles. The summed E-state index contributed by atoms with van der Waals surface area (Å²) in [6.45, 7) is 8.92. The maximum atomic E-state index is 8.84. The highest BCUT2D eigenvalue weighted by Crippen LogP contribution is 2.28. The van der Waals surface area contributed by atoms with Crippen molar-refractivity contribution in [3.63, 3.8) is 0 Å². The number of hydrogen-bond acceptors (Lipinski definition) is 3. The van der Waals surface area contributed by atoms with E-state index in [-0.39, 0.29) is 0 Å². The van der Waals surface area contributed by atoms with Crippen LogP contribution in [-0.4, -0.2) is 31.1 Å². The van der Waals surface area contributed by atoms with Gasteiger partial charge in [0.15, 0.2) is 0 Å². The Bertz CT molecular complexity index is 476. The minimum Gasteiger partial charge on any atom is -0.494 e. The van der Waals surface area contributed by atoms with Crippen molar-refractivity contribution in [2.45, 2.75) is 33.1 Å². The summed E-state index contributed by atoms with van der Waals surface area (Å²) in [6, 6.07) is 9.49. The van der Waals surface area contributed by atoms with Crippen molar-refractivity contribution in [1.29, 1.82) is 5.26 Å². The molecular weight excluding hydrogens is 248 g/mol. The van der Waals surface area contributed by atoms with Crippen LogP contribution in [-0.2, 0) is 0 Å². The summed E-state index contributed by atoms with van der Waals surface area (Å²) in [5.41, 5.74) is 1.11. The fraction of sp³-hybridized carbons (Fsp3) is 0.588. The fourth-order valence-electron chi connectivity index (χ4n) is 2.87. The normalized spacial score (nSPS) is 18.4. The van der Waals surface area contributed by atoms with Crippen molar-refractivity contribution >= 4 is 0 Å². The molecule has 0 amide bonds. The molecule has 0 N–H and O–H groups in total. The first-order valence-corrected chi connectivity index (χ1v) is 7.44. The van der Waals surface area contributed by atoms with E-state index in [4.69, 9.17) is 10.00 Å². The Labute approximate surface area is 122 Å². The second kappa shape index (κ2) is 6.76. The number of rotatable bonds is 5. The molecule has 0 saturated carbocycles. The van der Waals surface area contributed by atoms with Crippen LogP contribution in [0.4, 0.5) is 0 Å². The largest absolute Gasteiger partial charge is 0.494 e. The smallest absolute Gasteiger partial charge is 0.120 e. The summed E-state index contributed by atoms with van der Waals surface area (Å²) in [7, 11) is 0. The minimum absolute atomic E-state index is 0.459. The number of likely N-dealkylation sites (tertiary alicyclic amines) is 1. The van der Waals surface area contributed by atoms with Crippen LogP contribution in [0.15, 0.2) is 24.3 Å². The fourth-order valence-corrected chi connectivity index (χ4v) is 2.87. The van der Waals surface area contributed by atoms with Gasteiger partial charge in [-0.2, -0.15) is 5.26 Å². The Balaban J connectivity index is 1.70. The van der Waals surface area contributed by atoms with E-state index in [0.29, 0.717) is 17.6 Å². The Kier molecular flexibility index (Phi) is 5.03. The van der Waals surface area contributed by atoms with Crippen molar-refractivity contribution < 1.29 is 4.74 Å². The lowest BCUT2D eigenvalue weighted by atomic mass is 9.84. The van der Waals surface area contributed by atoms with Crippen molar-refractivity contribution in [2.75, 3.05) is 26.2 Å². The zero-order chi connectivity index (χ0) is 14.4. The number of nitrogens with zero attached hydrogens (tertiary/aromatic N) is 2. The maximum Gasteiger partial charge on any atom is 0.120 e. The van der Waals surface area contributed by atoms with Crippen LogP contribution >= 0.6 is 0 Å². The predicted octanol–water partition coefficient (Wildman–Crippen LogP) is 3.45. The van der Waals surface area contributed by atoms with Crippen LogP contribution in [0.5, 0.6) is 5.75 Å². The van der Waals surface area contributed by atoms with Crippen molar-refractivity contribution in [3.8, 4) is 11.8 Å². The van der Waals surface area contributed by atoms with E-state index in [1.54, 1.807) is 12.1 Å². The quantitative estimate of drug-likeness (QED) is 0.770. The van der Waals surface area contributed by atoms with Crippen molar-refractivity contribution in [2.24, 2.45) is 5.41 Å². The molecular formula is C17H24N2O. The summed E-state index contributed by atoms with van der Waals surface area (Å²) >= 11 is 0. The van der Waals surface area contributed by atoms with E-state index in [0.717, 1.165) is 18.7 Å². The lowest BCUT2D eigenvalue weighted by molar-refractivity contribution is 0.111. The molecule has 0 aromatic heterocycles. The van der Waals surface area contributed by atoms with Gasteiger partial charge in [-0.15, -0.1) is 0 Å². The van der Waals surface area contributed by atoms with Gasteiger partial charge < -0.3 is 9.64 Å². The van der Waals surface area contributed by atoms with E-state index in [1.807, 2.05) is 12.1 Å². The van der Waals surface area contributed by atoms with Gasteiger partial charge in [0.1, 0.15) is 5.75 Å². The molecule has 1 aliphatic heterocycles. The van der Waals surface area contributed by atoms with Crippen molar-refractivity contribution in [3.05, 3.63) is 29.8 Å². The van der Waals surface area contributed by atoms with E-state index in [1.165, 1.54) is 25.9 Å². The van der Waals surface area contributed by atoms with E-state index in [9.17, 15) is 0 Å². The van der Waals surface area contributed by atoms with Gasteiger partial charge in [-0.1, -0.05) is 19.9 Å². The average molecular weight is 272 g/mol. The Morgan fingerprint density at radius 1 is 1.40 bits per heavy atom. The van der Waals surface area contributed by atoms with Gasteiger partial charge in [0.25, 0.3) is 0 Å². The molecule has 0 atom stereocenters. The third kappa shape index (κ3) is 4.54. The van der Waals surface area contributed by atoms with Crippen LogP contribution in [0, 0.1) is 16.7 Å². The molecule has 0 spiro atoms. The average Bonchev–Trinajstić information content (AvgIpc) is 2.43. The second-order valence-electron chi connectivity index (χ2n) is 6.39. The number of benzene rings is 1. The number of ether oxygens (including phenoxy) is 1. The number of piperidine rings is 1. The van der Waals surface area contributed by atoms with Gasteiger partial charge in [-0.05, 0) is 49.4 Å². The first kappa shape index (κ1) is 14.9. The molecule has 0 aliphatic carbocycles. The zero-order valence-corrected chi connectivity index (χ0v) is 12.6. The number of hydrogen-bond donors (Lipinski definition) is 0. The highest BCUT2D eigenvalue weighted by atomic mass is 16.5. The molecule has 0 unspecified atom stereocenters. The maximum absolute atomic E-state index is 8.84. The Morgan fingerprint density at radius 3 is 3.00 bits per heavy atom. The highest BCUT2D eigenvalue weighted by Gasteiger charge is 2.25. The van der Waals surface area contributed by atoms with Crippen LogP contribution in [0.2, 0.25) is 0 Å². The van der Waals surface area contributed by atoms with Gasteiger partial charge in [-0.3, -0.25) is 0 Å². The molecule has 20 heavy (non-hydrogen) atoms. The topological polar surface area (TPSA) is 36.3 Å².